The predicted octanol–water partition coefficient (Wildman–Crippen LogP) is 3.80. The summed E-state index contributed by atoms with van der Waals surface area (Å²) in [7, 11) is 1.57. The summed E-state index contributed by atoms with van der Waals surface area (Å²) < 4.78 is 29.4. The first-order valence-corrected chi connectivity index (χ1v) is 7.52. The van der Waals surface area contributed by atoms with Crippen molar-refractivity contribution in [3.05, 3.63) is 65.8 Å². The molecule has 0 aliphatic heterocycles. The SMILES string of the molecule is COc1ccc(-c2nnc([C@@H](C)OC(=O)c3ccccc3F)o2)cc1. The van der Waals surface area contributed by atoms with Crippen molar-refractivity contribution in [2.45, 2.75) is 13.0 Å². The van der Waals surface area contributed by atoms with E-state index in [1.54, 1.807) is 44.4 Å². The molecule has 0 saturated heterocycles. The lowest BCUT2D eigenvalue weighted by molar-refractivity contribution is 0.0274. The highest BCUT2D eigenvalue weighted by atomic mass is 19.1. The molecule has 1 heterocycles. The van der Waals surface area contributed by atoms with E-state index in [9.17, 15) is 9.18 Å². The fourth-order valence-electron chi connectivity index (χ4n) is 2.15. The van der Waals surface area contributed by atoms with Gasteiger partial charge in [-0.1, -0.05) is 12.1 Å². The summed E-state index contributed by atoms with van der Waals surface area (Å²) in [5.41, 5.74) is 0.552. The molecule has 0 aliphatic rings. The van der Waals surface area contributed by atoms with Crippen LogP contribution in [0.2, 0.25) is 0 Å². The number of esters is 1. The van der Waals surface area contributed by atoms with Crippen LogP contribution >= 0.6 is 0 Å². The van der Waals surface area contributed by atoms with Crippen LogP contribution in [0.4, 0.5) is 4.39 Å². The topological polar surface area (TPSA) is 74.5 Å². The summed E-state index contributed by atoms with van der Waals surface area (Å²) >= 11 is 0. The lowest BCUT2D eigenvalue weighted by Gasteiger charge is -2.09. The molecule has 3 aromatic rings. The molecule has 1 aromatic heterocycles. The molecule has 25 heavy (non-hydrogen) atoms. The first kappa shape index (κ1) is 16.6. The van der Waals surface area contributed by atoms with Gasteiger partial charge in [-0.3, -0.25) is 0 Å². The van der Waals surface area contributed by atoms with Crippen LogP contribution in [0.25, 0.3) is 11.5 Å². The maximum atomic E-state index is 13.6. The molecule has 2 aromatic carbocycles. The molecule has 3 rings (SSSR count). The standard InChI is InChI=1S/C18H15FN2O4/c1-11(24-18(22)14-5-3-4-6-15(14)19)16-20-21-17(25-16)12-7-9-13(23-2)10-8-12/h3-11H,1-2H3/t11-/m1/s1. The molecule has 0 amide bonds. The Kier molecular flexibility index (Phi) is 4.74. The number of hydrogen-bond donors (Lipinski definition) is 0. The molecule has 128 valence electrons. The Labute approximate surface area is 143 Å². The maximum absolute atomic E-state index is 13.6. The van der Waals surface area contributed by atoms with Gasteiger partial charge in [0.2, 0.25) is 5.89 Å². The van der Waals surface area contributed by atoms with Gasteiger partial charge in [0.1, 0.15) is 11.6 Å². The summed E-state index contributed by atoms with van der Waals surface area (Å²) in [5.74, 6) is -0.337. The van der Waals surface area contributed by atoms with E-state index in [-0.39, 0.29) is 17.3 Å². The quantitative estimate of drug-likeness (QED) is 0.657. The lowest BCUT2D eigenvalue weighted by atomic mass is 10.2. The summed E-state index contributed by atoms with van der Waals surface area (Å²) in [6, 6.07) is 12.7. The van der Waals surface area contributed by atoms with Crippen LogP contribution in [0.15, 0.2) is 52.9 Å². The second-order valence-corrected chi connectivity index (χ2v) is 5.20. The maximum Gasteiger partial charge on any atom is 0.341 e. The van der Waals surface area contributed by atoms with Gasteiger partial charge >= 0.3 is 5.97 Å². The fourth-order valence-corrected chi connectivity index (χ4v) is 2.15. The third kappa shape index (κ3) is 3.65. The van der Waals surface area contributed by atoms with Crippen molar-refractivity contribution in [2.75, 3.05) is 7.11 Å². The molecule has 0 aliphatic carbocycles. The van der Waals surface area contributed by atoms with Crippen molar-refractivity contribution in [3.63, 3.8) is 0 Å². The molecule has 0 bridgehead atoms. The van der Waals surface area contributed by atoms with Gasteiger partial charge in [0.25, 0.3) is 5.89 Å². The van der Waals surface area contributed by atoms with Crippen molar-refractivity contribution >= 4 is 5.97 Å². The summed E-state index contributed by atoms with van der Waals surface area (Å²) in [4.78, 5) is 12.0. The average molecular weight is 342 g/mol. The molecular formula is C18H15FN2O4. The lowest BCUT2D eigenvalue weighted by Crippen LogP contribution is -2.11. The van der Waals surface area contributed by atoms with Gasteiger partial charge in [-0.25, -0.2) is 9.18 Å². The van der Waals surface area contributed by atoms with Crippen molar-refractivity contribution in [3.8, 4) is 17.2 Å². The van der Waals surface area contributed by atoms with E-state index >= 15 is 0 Å². The molecule has 0 spiro atoms. The molecule has 1 atom stereocenters. The van der Waals surface area contributed by atoms with Gasteiger partial charge in [-0.2, -0.15) is 0 Å². The number of ether oxygens (including phenoxy) is 2. The van der Waals surface area contributed by atoms with Crippen LogP contribution in [0.3, 0.4) is 0 Å². The average Bonchev–Trinajstić information content (AvgIpc) is 3.12. The number of aromatic nitrogens is 2. The van der Waals surface area contributed by atoms with Gasteiger partial charge in [-0.05, 0) is 43.3 Å². The van der Waals surface area contributed by atoms with Crippen molar-refractivity contribution in [2.24, 2.45) is 0 Å². The van der Waals surface area contributed by atoms with E-state index in [0.717, 1.165) is 0 Å². The van der Waals surface area contributed by atoms with Crippen molar-refractivity contribution < 1.29 is 23.1 Å². The van der Waals surface area contributed by atoms with Crippen LogP contribution in [-0.2, 0) is 4.74 Å². The molecule has 7 heteroatoms. The largest absolute Gasteiger partial charge is 0.497 e. The Morgan fingerprint density at radius 2 is 1.84 bits per heavy atom. The van der Waals surface area contributed by atoms with Gasteiger partial charge in [0, 0.05) is 5.56 Å². The Balaban J connectivity index is 1.73. The molecular weight excluding hydrogens is 327 g/mol. The van der Waals surface area contributed by atoms with Gasteiger partial charge < -0.3 is 13.9 Å². The molecule has 6 nitrogen and oxygen atoms in total. The van der Waals surface area contributed by atoms with Crippen molar-refractivity contribution in [1.82, 2.24) is 10.2 Å². The highest BCUT2D eigenvalue weighted by molar-refractivity contribution is 5.89. The van der Waals surface area contributed by atoms with Crippen LogP contribution in [-0.4, -0.2) is 23.3 Å². The zero-order valence-electron chi connectivity index (χ0n) is 13.6. The number of nitrogens with zero attached hydrogens (tertiary/aromatic N) is 2. The minimum atomic E-state index is -0.813. The van der Waals surface area contributed by atoms with Crippen molar-refractivity contribution in [1.29, 1.82) is 0 Å². The second kappa shape index (κ2) is 7.12. The van der Waals surface area contributed by atoms with Crippen LogP contribution in [0.1, 0.15) is 29.3 Å². The van der Waals surface area contributed by atoms with Gasteiger partial charge in [0.15, 0.2) is 6.10 Å². The van der Waals surface area contributed by atoms with Crippen LogP contribution in [0.5, 0.6) is 5.75 Å². The third-order valence-corrected chi connectivity index (χ3v) is 3.50. The zero-order valence-corrected chi connectivity index (χ0v) is 13.6. The summed E-state index contributed by atoms with van der Waals surface area (Å²) in [6.45, 7) is 1.57. The van der Waals surface area contributed by atoms with E-state index in [4.69, 9.17) is 13.9 Å². The normalized spacial score (nSPS) is 11.8. The van der Waals surface area contributed by atoms with Crippen LogP contribution in [0, 0.1) is 5.82 Å². The summed E-state index contributed by atoms with van der Waals surface area (Å²) in [5, 5.41) is 7.82. The first-order valence-electron chi connectivity index (χ1n) is 7.52. The van der Waals surface area contributed by atoms with E-state index < -0.39 is 17.9 Å². The highest BCUT2D eigenvalue weighted by Crippen LogP contribution is 2.25. The Morgan fingerprint density at radius 1 is 1.12 bits per heavy atom. The highest BCUT2D eigenvalue weighted by Gasteiger charge is 2.21. The smallest absolute Gasteiger partial charge is 0.341 e. The Bertz CT molecular complexity index is 877. The predicted molar refractivity (Wildman–Crippen MR) is 86.5 cm³/mol. The van der Waals surface area contributed by atoms with Gasteiger partial charge in [0.05, 0.1) is 12.7 Å². The van der Waals surface area contributed by atoms with E-state index in [0.29, 0.717) is 11.3 Å². The van der Waals surface area contributed by atoms with Crippen LogP contribution < -0.4 is 4.74 Å². The first-order chi connectivity index (χ1) is 12.1. The fraction of sp³-hybridized carbons (Fsp3) is 0.167. The number of halogens is 1. The number of hydrogen-bond acceptors (Lipinski definition) is 6. The Hall–Kier alpha value is -3.22. The second-order valence-electron chi connectivity index (χ2n) is 5.20. The summed E-state index contributed by atoms with van der Waals surface area (Å²) in [6.07, 6.45) is -0.813. The Morgan fingerprint density at radius 3 is 2.52 bits per heavy atom. The van der Waals surface area contributed by atoms with Gasteiger partial charge in [-0.15, -0.1) is 10.2 Å². The molecule has 0 N–H and O–H groups in total. The number of carbonyl (C=O) groups excluding carboxylic acids is 1. The molecule has 0 fully saturated rings. The van der Waals surface area contributed by atoms with E-state index in [1.165, 1.54) is 18.2 Å². The molecule has 0 unspecified atom stereocenters. The minimum absolute atomic E-state index is 0.121. The number of methoxy groups -OCH3 is 1. The molecule has 0 saturated carbocycles. The zero-order chi connectivity index (χ0) is 17.8. The minimum Gasteiger partial charge on any atom is -0.497 e. The number of benzene rings is 2. The number of rotatable bonds is 5. The van der Waals surface area contributed by atoms with E-state index in [1.807, 2.05) is 0 Å². The third-order valence-electron chi connectivity index (χ3n) is 3.50. The molecule has 0 radical (unpaired) electrons. The number of carbonyl (C=O) groups is 1. The van der Waals surface area contributed by atoms with E-state index in [2.05, 4.69) is 10.2 Å². The monoisotopic (exact) mass is 342 g/mol.